The molecule has 0 aliphatic heterocycles. The van der Waals surface area contributed by atoms with Gasteiger partial charge in [-0.25, -0.2) is 0 Å². The normalized spacial score (nSPS) is 10.5. The Kier molecular flexibility index (Phi) is 3.33. The van der Waals surface area contributed by atoms with Gasteiger partial charge in [-0.15, -0.1) is 10.1 Å². The molecule has 12 heavy (non-hydrogen) atoms. The zero-order valence-corrected chi connectivity index (χ0v) is 6.77. The molecular formula is C6H9NO5. The van der Waals surface area contributed by atoms with Crippen molar-refractivity contribution >= 4 is 12.1 Å². The third-order valence-corrected chi connectivity index (χ3v) is 1.30. The number of hydrogen-bond acceptors (Lipinski definition) is 5. The van der Waals surface area contributed by atoms with Gasteiger partial charge in [-0.1, -0.05) is 13.8 Å². The van der Waals surface area contributed by atoms with E-state index in [0.717, 1.165) is 0 Å². The summed E-state index contributed by atoms with van der Waals surface area (Å²) < 4.78 is 0. The Balaban J connectivity index is 4.12. The number of Topliss-reactive ketones (excluding diaryl/α,β-unsaturated/α-hetero) is 1. The van der Waals surface area contributed by atoms with E-state index < -0.39 is 22.9 Å². The number of rotatable bonds is 5. The van der Waals surface area contributed by atoms with Crippen molar-refractivity contribution in [1.29, 1.82) is 0 Å². The molecule has 68 valence electrons. The lowest BCUT2D eigenvalue weighted by molar-refractivity contribution is -0.760. The van der Waals surface area contributed by atoms with E-state index >= 15 is 0 Å². The lowest BCUT2D eigenvalue weighted by Crippen LogP contribution is -2.31. The van der Waals surface area contributed by atoms with Crippen molar-refractivity contribution < 1.29 is 19.5 Å². The molecule has 0 aliphatic carbocycles. The highest BCUT2D eigenvalue weighted by molar-refractivity contribution is 6.27. The molecule has 0 rings (SSSR count). The number of carbonyl (C=O) groups is 2. The highest BCUT2D eigenvalue weighted by Crippen LogP contribution is 2.15. The van der Waals surface area contributed by atoms with Crippen LogP contribution in [0.3, 0.4) is 0 Å². The monoisotopic (exact) mass is 175 g/mol. The molecule has 0 fully saturated rings. The molecule has 0 amide bonds. The molecule has 0 heterocycles. The van der Waals surface area contributed by atoms with E-state index in [0.29, 0.717) is 0 Å². The van der Waals surface area contributed by atoms with Crippen molar-refractivity contribution in [2.45, 2.75) is 13.8 Å². The summed E-state index contributed by atoms with van der Waals surface area (Å²) >= 11 is 0. The number of nitrogens with zero attached hydrogens (tertiary/aromatic N) is 1. The van der Waals surface area contributed by atoms with Crippen molar-refractivity contribution in [3.05, 3.63) is 10.1 Å². The van der Waals surface area contributed by atoms with Crippen LogP contribution in [0.1, 0.15) is 13.8 Å². The first-order valence-corrected chi connectivity index (χ1v) is 3.17. The maximum atomic E-state index is 10.8. The van der Waals surface area contributed by atoms with Crippen LogP contribution in [0.15, 0.2) is 0 Å². The van der Waals surface area contributed by atoms with Crippen LogP contribution in [0.5, 0.6) is 0 Å². The second kappa shape index (κ2) is 3.80. The van der Waals surface area contributed by atoms with Crippen molar-refractivity contribution in [3.8, 4) is 0 Å². The first-order chi connectivity index (χ1) is 5.40. The van der Waals surface area contributed by atoms with Crippen LogP contribution in [-0.4, -0.2) is 23.8 Å². The molecule has 0 atom stereocenters. The fourth-order valence-electron chi connectivity index (χ4n) is 0.445. The van der Waals surface area contributed by atoms with Crippen molar-refractivity contribution in [3.63, 3.8) is 0 Å². The molecule has 0 aromatic rings. The maximum absolute atomic E-state index is 10.8. The zero-order valence-electron chi connectivity index (χ0n) is 6.77. The summed E-state index contributed by atoms with van der Waals surface area (Å²) in [4.78, 5) is 34.5. The van der Waals surface area contributed by atoms with E-state index in [1.807, 2.05) is 0 Å². The van der Waals surface area contributed by atoms with Gasteiger partial charge in [-0.3, -0.25) is 9.59 Å². The Bertz CT molecular complexity index is 210. The molecule has 6 nitrogen and oxygen atoms in total. The van der Waals surface area contributed by atoms with Crippen LogP contribution in [0, 0.1) is 15.5 Å². The molecular weight excluding hydrogens is 166 g/mol. The molecule has 0 saturated carbocycles. The summed E-state index contributed by atoms with van der Waals surface area (Å²) in [5.41, 5.74) is -1.13. The Hall–Kier alpha value is -1.46. The van der Waals surface area contributed by atoms with Gasteiger partial charge in [0.05, 0.1) is 5.41 Å². The Morgan fingerprint density at radius 2 is 2.17 bits per heavy atom. The minimum absolute atomic E-state index is 0.128. The average molecular weight is 175 g/mol. The van der Waals surface area contributed by atoms with Gasteiger partial charge in [-0.05, 0) is 0 Å². The summed E-state index contributed by atoms with van der Waals surface area (Å²) in [6.45, 7) is 2.39. The van der Waals surface area contributed by atoms with Gasteiger partial charge >= 0.3 is 0 Å². The second-order valence-electron chi connectivity index (χ2n) is 2.86. The molecule has 0 spiro atoms. The second-order valence-corrected chi connectivity index (χ2v) is 2.86. The molecule has 0 unspecified atom stereocenters. The predicted molar refractivity (Wildman–Crippen MR) is 37.8 cm³/mol. The molecule has 0 saturated heterocycles. The van der Waals surface area contributed by atoms with Gasteiger partial charge in [0.25, 0.3) is 5.09 Å². The predicted octanol–water partition coefficient (Wildman–Crippen LogP) is -0.0111. The summed E-state index contributed by atoms with van der Waals surface area (Å²) in [6.07, 6.45) is 0.128. The molecule has 0 bridgehead atoms. The van der Waals surface area contributed by atoms with E-state index in [2.05, 4.69) is 4.84 Å². The van der Waals surface area contributed by atoms with Crippen molar-refractivity contribution in [2.75, 3.05) is 6.61 Å². The van der Waals surface area contributed by atoms with Gasteiger partial charge in [0.15, 0.2) is 6.29 Å². The van der Waals surface area contributed by atoms with Crippen molar-refractivity contribution in [2.24, 2.45) is 5.41 Å². The highest BCUT2D eigenvalue weighted by atomic mass is 16.9. The minimum Gasteiger partial charge on any atom is -0.313 e. The van der Waals surface area contributed by atoms with E-state index in [-0.39, 0.29) is 6.29 Å². The number of aldehydes is 1. The summed E-state index contributed by atoms with van der Waals surface area (Å²) in [7, 11) is 0. The van der Waals surface area contributed by atoms with Gasteiger partial charge in [0.2, 0.25) is 5.78 Å². The smallest absolute Gasteiger partial charge is 0.294 e. The molecule has 0 aliphatic rings. The van der Waals surface area contributed by atoms with Crippen LogP contribution >= 0.6 is 0 Å². The minimum atomic E-state index is -1.13. The third-order valence-electron chi connectivity index (χ3n) is 1.30. The van der Waals surface area contributed by atoms with E-state index in [4.69, 9.17) is 0 Å². The molecule has 0 aromatic heterocycles. The van der Waals surface area contributed by atoms with E-state index in [1.54, 1.807) is 0 Å². The first kappa shape index (κ1) is 10.5. The Morgan fingerprint density at radius 3 is 2.50 bits per heavy atom. The lowest BCUT2D eigenvalue weighted by Gasteiger charge is -2.17. The van der Waals surface area contributed by atoms with Crippen LogP contribution in [0.2, 0.25) is 0 Å². The first-order valence-electron chi connectivity index (χ1n) is 3.17. The van der Waals surface area contributed by atoms with Gasteiger partial charge in [0, 0.05) is 0 Å². The standard InChI is InChI=1S/C6H9NO5/c1-6(2,5(9)3-8)4-12-7(10)11/h3H,4H2,1-2H3. The van der Waals surface area contributed by atoms with Crippen molar-refractivity contribution in [1.82, 2.24) is 0 Å². The van der Waals surface area contributed by atoms with Crippen LogP contribution in [0.25, 0.3) is 0 Å². The molecule has 0 N–H and O–H groups in total. The van der Waals surface area contributed by atoms with E-state index in [1.165, 1.54) is 13.8 Å². The van der Waals surface area contributed by atoms with Crippen LogP contribution in [-0.2, 0) is 14.4 Å². The van der Waals surface area contributed by atoms with Crippen LogP contribution < -0.4 is 0 Å². The molecule has 6 heteroatoms. The Morgan fingerprint density at radius 1 is 1.67 bits per heavy atom. The van der Waals surface area contributed by atoms with E-state index in [9.17, 15) is 19.7 Å². The molecule has 0 aromatic carbocycles. The number of carbonyl (C=O) groups excluding carboxylic acids is 2. The quantitative estimate of drug-likeness (QED) is 0.254. The summed E-state index contributed by atoms with van der Waals surface area (Å²) in [6, 6.07) is 0. The Labute approximate surface area is 68.6 Å². The lowest BCUT2D eigenvalue weighted by atomic mass is 9.90. The fourth-order valence-corrected chi connectivity index (χ4v) is 0.445. The SMILES string of the molecule is CC(C)(CO[N+](=O)[O-])C(=O)C=O. The number of hydrogen-bond donors (Lipinski definition) is 0. The van der Waals surface area contributed by atoms with Gasteiger partial charge in [-0.2, -0.15) is 0 Å². The largest absolute Gasteiger partial charge is 0.313 e. The van der Waals surface area contributed by atoms with Gasteiger partial charge < -0.3 is 4.84 Å². The zero-order chi connectivity index (χ0) is 9.78. The third kappa shape index (κ3) is 3.09. The topological polar surface area (TPSA) is 86.5 Å². The van der Waals surface area contributed by atoms with Crippen LogP contribution in [0.4, 0.5) is 0 Å². The average Bonchev–Trinajstić information content (AvgIpc) is 1.99. The highest BCUT2D eigenvalue weighted by Gasteiger charge is 2.28. The summed E-state index contributed by atoms with van der Waals surface area (Å²) in [5, 5.41) is 8.74. The van der Waals surface area contributed by atoms with Gasteiger partial charge in [0.1, 0.15) is 6.61 Å². The fraction of sp³-hybridized carbons (Fsp3) is 0.667. The number of ketones is 1. The maximum Gasteiger partial charge on any atom is 0.294 e. The summed E-state index contributed by atoms with van der Waals surface area (Å²) in [5.74, 6) is -0.718. The molecule has 0 radical (unpaired) electrons.